The minimum absolute atomic E-state index is 0.0619. The molecule has 1 aliphatic heterocycles. The fourth-order valence-electron chi connectivity index (χ4n) is 4.16. The monoisotopic (exact) mass is 390 g/mol. The van der Waals surface area contributed by atoms with E-state index in [1.54, 1.807) is 0 Å². The summed E-state index contributed by atoms with van der Waals surface area (Å²) in [4.78, 5) is 9.72. The van der Waals surface area contributed by atoms with Crippen molar-refractivity contribution in [2.24, 2.45) is 0 Å². The first-order valence-corrected chi connectivity index (χ1v) is 11.0. The molecule has 1 aliphatic rings. The summed E-state index contributed by atoms with van der Waals surface area (Å²) < 4.78 is 0. The molecule has 1 unspecified atom stereocenters. The highest BCUT2D eigenvalue weighted by atomic mass is 15.2. The first-order chi connectivity index (χ1) is 13.1. The fraction of sp³-hybridized carbons (Fsp3) is 0.750. The molecule has 1 atom stereocenters. The van der Waals surface area contributed by atoms with E-state index in [4.69, 9.17) is 0 Å². The lowest BCUT2D eigenvalue weighted by molar-refractivity contribution is 0.115. The van der Waals surface area contributed by atoms with Gasteiger partial charge in [0.25, 0.3) is 0 Å². The topological polar surface area (TPSA) is 13.0 Å². The second kappa shape index (κ2) is 11.1. The highest BCUT2D eigenvalue weighted by Crippen LogP contribution is 2.31. The number of likely N-dealkylation sites (tertiary alicyclic amines) is 1. The lowest BCUT2D eigenvalue weighted by Crippen LogP contribution is -2.49. The van der Waals surface area contributed by atoms with Gasteiger partial charge in [-0.1, -0.05) is 19.6 Å². The molecule has 0 saturated carbocycles. The summed E-state index contributed by atoms with van der Waals surface area (Å²) in [5.41, 5.74) is 2.76. The lowest BCUT2D eigenvalue weighted by Gasteiger charge is -2.44. The average molecular weight is 391 g/mol. The van der Waals surface area contributed by atoms with Crippen molar-refractivity contribution in [3.8, 4) is 0 Å². The lowest BCUT2D eigenvalue weighted by atomic mass is 9.88. The molecular formula is C24H46N4. The van der Waals surface area contributed by atoms with E-state index in [1.807, 2.05) is 6.20 Å². The van der Waals surface area contributed by atoms with Crippen LogP contribution in [0.1, 0.15) is 60.8 Å². The van der Waals surface area contributed by atoms with Crippen LogP contribution in [0.15, 0.2) is 36.3 Å². The molecule has 1 fully saturated rings. The number of piperidine rings is 1. The largest absolute Gasteiger partial charge is 0.372 e. The normalized spacial score (nSPS) is 19.1. The van der Waals surface area contributed by atoms with Crippen molar-refractivity contribution in [3.05, 3.63) is 36.3 Å². The summed E-state index contributed by atoms with van der Waals surface area (Å²) in [6, 6.07) is 1.09. The number of hydrogen-bond donors (Lipinski definition) is 0. The Morgan fingerprint density at radius 1 is 1.18 bits per heavy atom. The number of nitrogens with zero attached hydrogens (tertiary/aromatic N) is 4. The highest BCUT2D eigenvalue weighted by molar-refractivity contribution is 5.28. The molecule has 28 heavy (non-hydrogen) atoms. The first-order valence-electron chi connectivity index (χ1n) is 11.0. The summed E-state index contributed by atoms with van der Waals surface area (Å²) in [7, 11) is 6.60. The Labute approximate surface area is 175 Å². The minimum Gasteiger partial charge on any atom is -0.372 e. The van der Waals surface area contributed by atoms with E-state index in [9.17, 15) is 0 Å². The van der Waals surface area contributed by atoms with E-state index < -0.39 is 0 Å². The Bertz CT molecular complexity index is 539. The van der Waals surface area contributed by atoms with Crippen LogP contribution in [0.4, 0.5) is 0 Å². The van der Waals surface area contributed by atoms with E-state index in [0.717, 1.165) is 26.1 Å². The molecule has 0 aromatic rings. The van der Waals surface area contributed by atoms with Crippen molar-refractivity contribution in [1.82, 2.24) is 19.6 Å². The minimum atomic E-state index is -0.0619. The highest BCUT2D eigenvalue weighted by Gasteiger charge is 2.33. The molecule has 0 bridgehead atoms. The number of rotatable bonds is 10. The third-order valence-corrected chi connectivity index (χ3v) is 6.79. The molecule has 0 radical (unpaired) electrons. The van der Waals surface area contributed by atoms with Crippen LogP contribution in [0.2, 0.25) is 0 Å². The summed E-state index contributed by atoms with van der Waals surface area (Å²) in [5.74, 6) is 0. The number of hydrogen-bond acceptors (Lipinski definition) is 4. The van der Waals surface area contributed by atoms with Gasteiger partial charge in [-0.05, 0) is 85.9 Å². The Balaban J connectivity index is 3.22. The van der Waals surface area contributed by atoms with E-state index >= 15 is 0 Å². The van der Waals surface area contributed by atoms with Crippen molar-refractivity contribution < 1.29 is 0 Å². The van der Waals surface area contributed by atoms with Gasteiger partial charge < -0.3 is 14.7 Å². The molecule has 0 N–H and O–H groups in total. The maximum atomic E-state index is 4.11. The smallest absolute Gasteiger partial charge is 0.0566 e. The van der Waals surface area contributed by atoms with Gasteiger partial charge in [0.1, 0.15) is 0 Å². The fourth-order valence-corrected chi connectivity index (χ4v) is 4.16. The average Bonchev–Trinajstić information content (AvgIpc) is 2.68. The Morgan fingerprint density at radius 3 is 2.18 bits per heavy atom. The molecular weight excluding hydrogens is 344 g/mol. The molecule has 4 nitrogen and oxygen atoms in total. The van der Waals surface area contributed by atoms with Gasteiger partial charge in [0, 0.05) is 44.5 Å². The number of likely N-dealkylation sites (N-methyl/N-ethyl adjacent to an activating group) is 2. The predicted molar refractivity (Wildman–Crippen MR) is 124 cm³/mol. The van der Waals surface area contributed by atoms with Crippen LogP contribution in [-0.4, -0.2) is 78.0 Å². The van der Waals surface area contributed by atoms with E-state index in [0.29, 0.717) is 12.1 Å². The SMILES string of the molecule is C=CN(CC)/C(=C(/C)C(C)(C)N(C)/C=C\CC)C(C)N1CCC(N(C)C)CC1. The zero-order valence-electron chi connectivity index (χ0n) is 20.1. The molecule has 1 saturated heterocycles. The summed E-state index contributed by atoms with van der Waals surface area (Å²) >= 11 is 0. The Hall–Kier alpha value is -1.26. The van der Waals surface area contributed by atoms with Gasteiger partial charge in [-0.15, -0.1) is 0 Å². The van der Waals surface area contributed by atoms with Crippen molar-refractivity contribution in [3.63, 3.8) is 0 Å². The third kappa shape index (κ3) is 5.87. The maximum Gasteiger partial charge on any atom is 0.0566 e. The molecule has 4 heteroatoms. The van der Waals surface area contributed by atoms with Crippen LogP contribution in [0.3, 0.4) is 0 Å². The van der Waals surface area contributed by atoms with Crippen molar-refractivity contribution in [2.45, 2.75) is 78.4 Å². The van der Waals surface area contributed by atoms with Crippen LogP contribution in [0.5, 0.6) is 0 Å². The molecule has 0 aromatic carbocycles. The first kappa shape index (κ1) is 24.8. The summed E-state index contributed by atoms with van der Waals surface area (Å²) in [6.45, 7) is 21.1. The second-order valence-electron chi connectivity index (χ2n) is 8.85. The van der Waals surface area contributed by atoms with Crippen molar-refractivity contribution >= 4 is 0 Å². The van der Waals surface area contributed by atoms with Gasteiger partial charge in [0.2, 0.25) is 0 Å². The Kier molecular flexibility index (Phi) is 9.79. The van der Waals surface area contributed by atoms with E-state index in [2.05, 4.69) is 101 Å². The van der Waals surface area contributed by atoms with Crippen LogP contribution in [0.25, 0.3) is 0 Å². The molecule has 1 rings (SSSR count). The molecule has 162 valence electrons. The van der Waals surface area contributed by atoms with Crippen LogP contribution in [-0.2, 0) is 0 Å². The predicted octanol–water partition coefficient (Wildman–Crippen LogP) is 4.77. The zero-order valence-corrected chi connectivity index (χ0v) is 20.1. The van der Waals surface area contributed by atoms with Crippen LogP contribution in [0, 0.1) is 0 Å². The molecule has 0 aliphatic carbocycles. The second-order valence-corrected chi connectivity index (χ2v) is 8.85. The summed E-state index contributed by atoms with van der Waals surface area (Å²) in [5, 5.41) is 0. The van der Waals surface area contributed by atoms with Crippen LogP contribution < -0.4 is 0 Å². The standard InChI is InChI=1S/C24H46N4/c1-11-14-17-26(10)24(6,7)20(4)23(27(12-2)13-3)21(5)28-18-15-22(16-19-28)25(8)9/h12,14,17,21-22H,2,11,13,15-16,18-19H2,1,3-10H3/b17-14-,23-20-. The maximum absolute atomic E-state index is 4.11. The van der Waals surface area contributed by atoms with Gasteiger partial charge in [-0.3, -0.25) is 4.90 Å². The van der Waals surface area contributed by atoms with Crippen molar-refractivity contribution in [1.29, 1.82) is 0 Å². The Morgan fingerprint density at radius 2 is 1.75 bits per heavy atom. The molecule has 0 spiro atoms. The van der Waals surface area contributed by atoms with Gasteiger partial charge in [-0.25, -0.2) is 0 Å². The van der Waals surface area contributed by atoms with Gasteiger partial charge >= 0.3 is 0 Å². The van der Waals surface area contributed by atoms with E-state index in [1.165, 1.54) is 24.1 Å². The van der Waals surface area contributed by atoms with Crippen molar-refractivity contribution in [2.75, 3.05) is 40.8 Å². The molecule has 0 amide bonds. The van der Waals surface area contributed by atoms with Gasteiger partial charge in [-0.2, -0.15) is 0 Å². The van der Waals surface area contributed by atoms with Gasteiger partial charge in [0.05, 0.1) is 5.54 Å². The molecule has 1 heterocycles. The quantitative estimate of drug-likeness (QED) is 0.532. The van der Waals surface area contributed by atoms with E-state index in [-0.39, 0.29) is 5.54 Å². The van der Waals surface area contributed by atoms with Crippen LogP contribution >= 0.6 is 0 Å². The van der Waals surface area contributed by atoms with Gasteiger partial charge in [0.15, 0.2) is 0 Å². The third-order valence-electron chi connectivity index (χ3n) is 6.79. The molecule has 0 aromatic heterocycles. The summed E-state index contributed by atoms with van der Waals surface area (Å²) in [6.07, 6.45) is 9.99. The number of allylic oxidation sites excluding steroid dienone is 1. The zero-order chi connectivity index (χ0) is 21.5.